The van der Waals surface area contributed by atoms with Gasteiger partial charge in [0.05, 0.1) is 22.4 Å². The first kappa shape index (κ1) is 21.3. The van der Waals surface area contributed by atoms with Crippen LogP contribution < -0.4 is 0 Å². The van der Waals surface area contributed by atoms with E-state index in [4.69, 9.17) is 4.74 Å². The quantitative estimate of drug-likeness (QED) is 0.563. The summed E-state index contributed by atoms with van der Waals surface area (Å²) < 4.78 is 29.2. The number of hydrogen-bond donors (Lipinski definition) is 0. The van der Waals surface area contributed by atoms with Gasteiger partial charge in [-0.25, -0.2) is 18.4 Å². The van der Waals surface area contributed by atoms with E-state index in [1.54, 1.807) is 41.5 Å². The predicted molar refractivity (Wildman–Crippen MR) is 99.0 cm³/mol. The van der Waals surface area contributed by atoms with Crippen LogP contribution in [0.5, 0.6) is 0 Å². The van der Waals surface area contributed by atoms with Crippen LogP contribution in [0.1, 0.15) is 64.0 Å². The van der Waals surface area contributed by atoms with Crippen molar-refractivity contribution in [3.8, 4) is 0 Å². The minimum atomic E-state index is -3.69. The molecule has 1 aromatic rings. The summed E-state index contributed by atoms with van der Waals surface area (Å²) >= 11 is 0. The van der Waals surface area contributed by atoms with Crippen LogP contribution in [0, 0.1) is 0 Å². The van der Waals surface area contributed by atoms with Crippen molar-refractivity contribution in [2.75, 3.05) is 13.1 Å². The number of sulfone groups is 1. The molecule has 9 heteroatoms. The number of aromatic nitrogens is 2. The molecule has 2 rings (SSSR count). The zero-order valence-corrected chi connectivity index (χ0v) is 17.5. The van der Waals surface area contributed by atoms with Crippen LogP contribution in [0.2, 0.25) is 0 Å². The van der Waals surface area contributed by atoms with E-state index in [9.17, 15) is 18.0 Å². The summed E-state index contributed by atoms with van der Waals surface area (Å²) in [7, 11) is -3.69. The van der Waals surface area contributed by atoms with E-state index < -0.39 is 20.2 Å². The lowest BCUT2D eigenvalue weighted by atomic mass is 10.1. The summed E-state index contributed by atoms with van der Waals surface area (Å²) in [5.41, 5.74) is 0.128. The van der Waals surface area contributed by atoms with Gasteiger partial charge in [0.15, 0.2) is 0 Å². The Bertz CT molecular complexity index is 851. The molecule has 2 heterocycles. The molecule has 1 aliphatic rings. The fraction of sp³-hybridized carbons (Fsp3) is 0.667. The molecule has 0 aromatic carbocycles. The van der Waals surface area contributed by atoms with Crippen LogP contribution in [-0.2, 0) is 25.8 Å². The van der Waals surface area contributed by atoms with Crippen LogP contribution in [-0.4, -0.2) is 58.6 Å². The number of carbonyl (C=O) groups is 2. The molecule has 150 valence electrons. The highest BCUT2D eigenvalue weighted by molar-refractivity contribution is 7.92. The SMILES string of the molecule is CC(C)(C)OC(=O)CCN1CCc2nc(S(=O)(=O)C(C)(C)C)ncc2C1=O. The summed E-state index contributed by atoms with van der Waals surface area (Å²) in [5.74, 6) is -0.677. The summed E-state index contributed by atoms with van der Waals surface area (Å²) in [6.45, 7) is 10.7. The van der Waals surface area contributed by atoms with Crippen molar-refractivity contribution in [1.29, 1.82) is 0 Å². The number of carbonyl (C=O) groups excluding carboxylic acids is 2. The molecule has 0 fully saturated rings. The number of rotatable bonds is 4. The second kappa shape index (κ2) is 7.18. The normalized spacial score (nSPS) is 15.5. The zero-order chi connectivity index (χ0) is 20.6. The molecule has 1 aliphatic heterocycles. The Kier molecular flexibility index (Phi) is 5.66. The second-order valence-electron chi connectivity index (χ2n) is 8.51. The van der Waals surface area contributed by atoms with Gasteiger partial charge in [-0.2, -0.15) is 0 Å². The molecule has 0 aliphatic carbocycles. The molecule has 0 unspecified atom stereocenters. The molecule has 0 bridgehead atoms. The van der Waals surface area contributed by atoms with Crippen molar-refractivity contribution in [1.82, 2.24) is 14.9 Å². The third-order valence-corrected chi connectivity index (χ3v) is 6.32. The Morgan fingerprint density at radius 3 is 2.41 bits per heavy atom. The van der Waals surface area contributed by atoms with Gasteiger partial charge in [-0.15, -0.1) is 0 Å². The molecule has 1 aromatic heterocycles. The molecular formula is C18H27N3O5S. The maximum absolute atomic E-state index is 12.6. The van der Waals surface area contributed by atoms with Crippen LogP contribution in [0.15, 0.2) is 11.4 Å². The summed E-state index contributed by atoms with van der Waals surface area (Å²) in [4.78, 5) is 34.1. The van der Waals surface area contributed by atoms with Gasteiger partial charge in [-0.3, -0.25) is 9.59 Å². The minimum Gasteiger partial charge on any atom is -0.460 e. The smallest absolute Gasteiger partial charge is 0.308 e. The van der Waals surface area contributed by atoms with Crippen molar-refractivity contribution in [2.24, 2.45) is 0 Å². The van der Waals surface area contributed by atoms with Crippen molar-refractivity contribution in [3.05, 3.63) is 17.5 Å². The summed E-state index contributed by atoms with van der Waals surface area (Å²) in [6.07, 6.45) is 1.77. The number of ether oxygens (including phenoxy) is 1. The number of nitrogens with zero attached hydrogens (tertiary/aromatic N) is 3. The van der Waals surface area contributed by atoms with E-state index in [1.807, 2.05) is 0 Å². The average Bonchev–Trinajstić information content (AvgIpc) is 2.51. The molecule has 1 amide bonds. The van der Waals surface area contributed by atoms with E-state index in [2.05, 4.69) is 9.97 Å². The molecular weight excluding hydrogens is 370 g/mol. The lowest BCUT2D eigenvalue weighted by molar-refractivity contribution is -0.155. The Morgan fingerprint density at radius 1 is 1.22 bits per heavy atom. The molecule has 27 heavy (non-hydrogen) atoms. The minimum absolute atomic E-state index is 0.0929. The molecule has 0 radical (unpaired) electrons. The Hall–Kier alpha value is -2.03. The van der Waals surface area contributed by atoms with Gasteiger partial charge in [-0.1, -0.05) is 0 Å². The highest BCUT2D eigenvalue weighted by Crippen LogP contribution is 2.24. The van der Waals surface area contributed by atoms with Crippen molar-refractivity contribution < 1.29 is 22.7 Å². The fourth-order valence-corrected chi connectivity index (χ4v) is 3.49. The summed E-state index contributed by atoms with van der Waals surface area (Å²) in [5, 5.41) is -0.260. The van der Waals surface area contributed by atoms with Crippen molar-refractivity contribution >= 4 is 21.7 Å². The van der Waals surface area contributed by atoms with Crippen LogP contribution >= 0.6 is 0 Å². The standard InChI is InChI=1S/C18H27N3O5S/c1-17(2,3)26-14(22)8-10-21-9-7-13-12(15(21)23)11-19-16(20-13)27(24,25)18(4,5)6/h11H,7-10H2,1-6H3. The van der Waals surface area contributed by atoms with E-state index in [1.165, 1.54) is 11.1 Å². The number of amides is 1. The van der Waals surface area contributed by atoms with Gasteiger partial charge in [0, 0.05) is 25.7 Å². The largest absolute Gasteiger partial charge is 0.460 e. The average molecular weight is 397 g/mol. The van der Waals surface area contributed by atoms with Crippen LogP contribution in [0.3, 0.4) is 0 Å². The Labute approximate surface area is 160 Å². The van der Waals surface area contributed by atoms with E-state index in [-0.39, 0.29) is 35.6 Å². The second-order valence-corrected chi connectivity index (χ2v) is 11.1. The van der Waals surface area contributed by atoms with E-state index >= 15 is 0 Å². The molecule has 0 saturated carbocycles. The molecule has 0 N–H and O–H groups in total. The lowest BCUT2D eigenvalue weighted by Gasteiger charge is -2.28. The highest BCUT2D eigenvalue weighted by atomic mass is 32.2. The van der Waals surface area contributed by atoms with Gasteiger partial charge < -0.3 is 9.64 Å². The molecule has 0 saturated heterocycles. The monoisotopic (exact) mass is 397 g/mol. The number of esters is 1. The lowest BCUT2D eigenvalue weighted by Crippen LogP contribution is -2.40. The summed E-state index contributed by atoms with van der Waals surface area (Å²) in [6, 6.07) is 0. The van der Waals surface area contributed by atoms with E-state index in [0.717, 1.165) is 0 Å². The fourth-order valence-electron chi connectivity index (χ4n) is 2.52. The first-order valence-electron chi connectivity index (χ1n) is 8.84. The van der Waals surface area contributed by atoms with Crippen molar-refractivity contribution in [2.45, 2.75) is 69.9 Å². The van der Waals surface area contributed by atoms with Crippen LogP contribution in [0.25, 0.3) is 0 Å². The maximum atomic E-state index is 12.6. The van der Waals surface area contributed by atoms with Crippen molar-refractivity contribution in [3.63, 3.8) is 0 Å². The highest BCUT2D eigenvalue weighted by Gasteiger charge is 2.35. The first-order valence-corrected chi connectivity index (χ1v) is 10.3. The Morgan fingerprint density at radius 2 is 1.85 bits per heavy atom. The molecule has 8 nitrogen and oxygen atoms in total. The Balaban J connectivity index is 2.14. The predicted octanol–water partition coefficient (Wildman–Crippen LogP) is 1.78. The third-order valence-electron chi connectivity index (χ3n) is 4.03. The number of fused-ring (bicyclic) bond motifs is 1. The maximum Gasteiger partial charge on any atom is 0.308 e. The van der Waals surface area contributed by atoms with Gasteiger partial charge in [0.2, 0.25) is 15.0 Å². The third kappa shape index (κ3) is 4.82. The van der Waals surface area contributed by atoms with Gasteiger partial charge in [-0.05, 0) is 41.5 Å². The van der Waals surface area contributed by atoms with Gasteiger partial charge in [0.1, 0.15) is 5.60 Å². The van der Waals surface area contributed by atoms with Gasteiger partial charge in [0.25, 0.3) is 5.91 Å². The molecule has 0 atom stereocenters. The molecule has 0 spiro atoms. The zero-order valence-electron chi connectivity index (χ0n) is 16.7. The van der Waals surface area contributed by atoms with Crippen LogP contribution in [0.4, 0.5) is 0 Å². The first-order chi connectivity index (χ1) is 12.2. The number of hydrogen-bond acceptors (Lipinski definition) is 7. The van der Waals surface area contributed by atoms with E-state index in [0.29, 0.717) is 18.7 Å². The topological polar surface area (TPSA) is 107 Å². The van der Waals surface area contributed by atoms with Gasteiger partial charge >= 0.3 is 5.97 Å².